The zero-order valence-corrected chi connectivity index (χ0v) is 18.5. The number of unbranched alkanes of at least 4 members (excludes halogenated alkanes) is 1. The highest BCUT2D eigenvalue weighted by Crippen LogP contribution is 2.44. The molecule has 6 heteroatoms. The number of hydrogen-bond donors (Lipinski definition) is 1. The van der Waals surface area contributed by atoms with Crippen LogP contribution in [-0.2, 0) is 0 Å². The van der Waals surface area contributed by atoms with Crippen LogP contribution >= 0.6 is 0 Å². The monoisotopic (exact) mass is 419 g/mol. The molecule has 0 radical (unpaired) electrons. The largest absolute Gasteiger partial charge is 0.497 e. The summed E-state index contributed by atoms with van der Waals surface area (Å²) in [5.41, 5.74) is 4.26. The summed E-state index contributed by atoms with van der Waals surface area (Å²) in [6.07, 6.45) is 2.13. The predicted octanol–water partition coefficient (Wildman–Crippen LogP) is 5.22. The molecule has 2 heterocycles. The van der Waals surface area contributed by atoms with Crippen molar-refractivity contribution in [2.24, 2.45) is 0 Å². The summed E-state index contributed by atoms with van der Waals surface area (Å²) in [5.74, 6) is 1.61. The quantitative estimate of drug-likeness (QED) is 0.509. The molecule has 3 aromatic rings. The van der Waals surface area contributed by atoms with E-state index in [0.717, 1.165) is 46.7 Å². The Balaban J connectivity index is 1.73. The van der Waals surface area contributed by atoms with Crippen molar-refractivity contribution >= 4 is 5.91 Å². The number of methoxy groups -OCH3 is 1. The SMILES string of the molecule is CCCCOc1ccc(C2c3c(-c4ccc(OC)cc4)n[nH]c3C(=O)N2C(C)C)cc1. The van der Waals surface area contributed by atoms with E-state index >= 15 is 0 Å². The predicted molar refractivity (Wildman–Crippen MR) is 121 cm³/mol. The highest BCUT2D eigenvalue weighted by atomic mass is 16.5. The highest BCUT2D eigenvalue weighted by Gasteiger charge is 2.43. The highest BCUT2D eigenvalue weighted by molar-refractivity contribution is 6.00. The molecule has 1 aliphatic rings. The van der Waals surface area contributed by atoms with Gasteiger partial charge in [0.15, 0.2) is 0 Å². The molecule has 0 spiro atoms. The van der Waals surface area contributed by atoms with E-state index < -0.39 is 0 Å². The molecule has 0 aliphatic carbocycles. The molecule has 0 bridgehead atoms. The van der Waals surface area contributed by atoms with Gasteiger partial charge in [-0.15, -0.1) is 0 Å². The lowest BCUT2D eigenvalue weighted by atomic mass is 9.95. The minimum absolute atomic E-state index is 0.0227. The number of carbonyl (C=O) groups excluding carboxylic acids is 1. The molecule has 1 N–H and O–H groups in total. The molecule has 1 amide bonds. The molecule has 4 rings (SSSR count). The summed E-state index contributed by atoms with van der Waals surface area (Å²) in [5, 5.41) is 7.51. The topological polar surface area (TPSA) is 67.5 Å². The number of hydrogen-bond acceptors (Lipinski definition) is 4. The molecule has 0 saturated carbocycles. The fourth-order valence-electron chi connectivity index (χ4n) is 4.07. The van der Waals surface area contributed by atoms with Crippen molar-refractivity contribution in [2.45, 2.75) is 45.7 Å². The van der Waals surface area contributed by atoms with Gasteiger partial charge in [-0.25, -0.2) is 0 Å². The van der Waals surface area contributed by atoms with Crippen LogP contribution in [0.4, 0.5) is 0 Å². The summed E-state index contributed by atoms with van der Waals surface area (Å²) in [4.78, 5) is 15.1. The molecule has 1 atom stereocenters. The lowest BCUT2D eigenvalue weighted by Gasteiger charge is -2.30. The van der Waals surface area contributed by atoms with E-state index in [0.29, 0.717) is 12.3 Å². The fourth-order valence-corrected chi connectivity index (χ4v) is 4.07. The second kappa shape index (κ2) is 8.84. The van der Waals surface area contributed by atoms with Crippen molar-refractivity contribution in [2.75, 3.05) is 13.7 Å². The van der Waals surface area contributed by atoms with Crippen molar-refractivity contribution in [3.05, 3.63) is 65.4 Å². The van der Waals surface area contributed by atoms with E-state index in [4.69, 9.17) is 9.47 Å². The van der Waals surface area contributed by atoms with Crippen LogP contribution in [-0.4, -0.2) is 40.8 Å². The third-order valence-electron chi connectivity index (χ3n) is 5.69. The molecule has 0 saturated heterocycles. The summed E-state index contributed by atoms with van der Waals surface area (Å²) < 4.78 is 11.1. The maximum atomic E-state index is 13.2. The Labute approximate surface area is 183 Å². The van der Waals surface area contributed by atoms with Crippen LogP contribution in [0.5, 0.6) is 11.5 Å². The number of carbonyl (C=O) groups is 1. The number of aromatic nitrogens is 2. The number of fused-ring (bicyclic) bond motifs is 1. The standard InChI is InChI=1S/C25H29N3O3/c1-5-6-15-31-20-13-9-18(10-14-20)24-21-22(17-7-11-19(30-4)12-8-17)26-27-23(21)25(29)28(24)16(2)3/h7-14,16,24H,5-6,15H2,1-4H3,(H,26,27). The third kappa shape index (κ3) is 3.90. The summed E-state index contributed by atoms with van der Waals surface area (Å²) >= 11 is 0. The van der Waals surface area contributed by atoms with Crippen molar-refractivity contribution < 1.29 is 14.3 Å². The number of ether oxygens (including phenoxy) is 2. The van der Waals surface area contributed by atoms with Crippen LogP contribution in [0, 0.1) is 0 Å². The van der Waals surface area contributed by atoms with Crippen molar-refractivity contribution in [1.29, 1.82) is 0 Å². The minimum atomic E-state index is -0.206. The maximum absolute atomic E-state index is 13.2. The zero-order chi connectivity index (χ0) is 22.0. The first-order chi connectivity index (χ1) is 15.0. The molecule has 1 unspecified atom stereocenters. The van der Waals surface area contributed by atoms with E-state index in [1.807, 2.05) is 55.1 Å². The number of nitrogens with one attached hydrogen (secondary N) is 1. The van der Waals surface area contributed by atoms with Gasteiger partial charge >= 0.3 is 0 Å². The minimum Gasteiger partial charge on any atom is -0.497 e. The van der Waals surface area contributed by atoms with Crippen molar-refractivity contribution in [1.82, 2.24) is 15.1 Å². The van der Waals surface area contributed by atoms with Gasteiger partial charge in [0.05, 0.1) is 25.5 Å². The number of H-pyrrole nitrogens is 1. The number of aromatic amines is 1. The smallest absolute Gasteiger partial charge is 0.273 e. The second-order valence-corrected chi connectivity index (χ2v) is 8.07. The van der Waals surface area contributed by atoms with Crippen LogP contribution in [0.15, 0.2) is 48.5 Å². The van der Waals surface area contributed by atoms with Crippen LogP contribution in [0.3, 0.4) is 0 Å². The summed E-state index contributed by atoms with van der Waals surface area (Å²) in [6, 6.07) is 15.7. The first-order valence-corrected chi connectivity index (χ1v) is 10.8. The van der Waals surface area contributed by atoms with E-state index in [2.05, 4.69) is 29.3 Å². The van der Waals surface area contributed by atoms with E-state index in [1.165, 1.54) is 0 Å². The molecular weight excluding hydrogens is 390 g/mol. The van der Waals surface area contributed by atoms with Gasteiger partial charge in [-0.1, -0.05) is 25.5 Å². The number of amides is 1. The second-order valence-electron chi connectivity index (χ2n) is 8.07. The molecule has 31 heavy (non-hydrogen) atoms. The van der Waals surface area contributed by atoms with Gasteiger partial charge in [0.2, 0.25) is 0 Å². The number of benzene rings is 2. The van der Waals surface area contributed by atoms with Crippen LogP contribution in [0.2, 0.25) is 0 Å². The molecule has 1 aliphatic heterocycles. The molecular formula is C25H29N3O3. The Kier molecular flexibility index (Phi) is 5.98. The Hall–Kier alpha value is -3.28. The number of rotatable bonds is 8. The normalized spacial score (nSPS) is 15.5. The summed E-state index contributed by atoms with van der Waals surface area (Å²) in [6.45, 7) is 6.94. The van der Waals surface area contributed by atoms with Crippen LogP contribution in [0.25, 0.3) is 11.3 Å². The Morgan fingerprint density at radius 1 is 1.06 bits per heavy atom. The molecule has 162 valence electrons. The van der Waals surface area contributed by atoms with E-state index in [9.17, 15) is 4.79 Å². The fraction of sp³-hybridized carbons (Fsp3) is 0.360. The Bertz CT molecular complexity index is 1040. The van der Waals surface area contributed by atoms with Gasteiger partial charge < -0.3 is 14.4 Å². The molecule has 6 nitrogen and oxygen atoms in total. The van der Waals surface area contributed by atoms with E-state index in [-0.39, 0.29) is 18.0 Å². The lowest BCUT2D eigenvalue weighted by Crippen LogP contribution is -2.35. The zero-order valence-electron chi connectivity index (χ0n) is 18.5. The third-order valence-corrected chi connectivity index (χ3v) is 5.69. The number of nitrogens with zero attached hydrogens (tertiary/aromatic N) is 2. The van der Waals surface area contributed by atoms with Gasteiger partial charge in [0.25, 0.3) is 5.91 Å². The maximum Gasteiger partial charge on any atom is 0.273 e. The van der Waals surface area contributed by atoms with Gasteiger partial charge in [-0.05, 0) is 62.2 Å². The lowest BCUT2D eigenvalue weighted by molar-refractivity contribution is 0.0688. The van der Waals surface area contributed by atoms with Gasteiger partial charge in [-0.2, -0.15) is 5.10 Å². The first kappa shape index (κ1) is 21.0. The molecule has 2 aromatic carbocycles. The van der Waals surface area contributed by atoms with Crippen LogP contribution < -0.4 is 9.47 Å². The average Bonchev–Trinajstić information content (AvgIpc) is 3.33. The molecule has 0 fully saturated rings. The Morgan fingerprint density at radius 2 is 1.74 bits per heavy atom. The first-order valence-electron chi connectivity index (χ1n) is 10.8. The van der Waals surface area contributed by atoms with E-state index in [1.54, 1.807) is 7.11 Å². The van der Waals surface area contributed by atoms with Gasteiger partial charge in [0.1, 0.15) is 17.2 Å². The summed E-state index contributed by atoms with van der Waals surface area (Å²) in [7, 11) is 1.64. The average molecular weight is 420 g/mol. The Morgan fingerprint density at radius 3 is 2.35 bits per heavy atom. The van der Waals surface area contributed by atoms with Crippen LogP contribution in [0.1, 0.15) is 61.3 Å². The van der Waals surface area contributed by atoms with Crippen molar-refractivity contribution in [3.63, 3.8) is 0 Å². The van der Waals surface area contributed by atoms with Gasteiger partial charge in [0, 0.05) is 17.2 Å². The van der Waals surface area contributed by atoms with Crippen molar-refractivity contribution in [3.8, 4) is 22.8 Å². The molecule has 1 aromatic heterocycles. The van der Waals surface area contributed by atoms with Gasteiger partial charge in [-0.3, -0.25) is 9.89 Å².